The van der Waals surface area contributed by atoms with E-state index in [1.165, 1.54) is 0 Å². The van der Waals surface area contributed by atoms with E-state index in [1.54, 1.807) is 0 Å². The number of nitrogens with zero attached hydrogens (tertiary/aromatic N) is 1. The smallest absolute Gasteiger partial charge is 0.153 e. The third-order valence-electron chi connectivity index (χ3n) is 3.53. The lowest BCUT2D eigenvalue weighted by Crippen LogP contribution is -1.98. The fourth-order valence-electron chi connectivity index (χ4n) is 2.30. The lowest BCUT2D eigenvalue weighted by molar-refractivity contribution is 0.482. The normalized spacial score (nSPS) is 10.8. The van der Waals surface area contributed by atoms with E-state index in [0.717, 1.165) is 39.2 Å². The lowest BCUT2D eigenvalue weighted by Gasteiger charge is -2.12. The van der Waals surface area contributed by atoms with Gasteiger partial charge < -0.3 is 10.5 Å². The molecule has 3 rings (SSSR count). The van der Waals surface area contributed by atoms with Gasteiger partial charge in [-0.3, -0.25) is 0 Å². The molecule has 0 aliphatic rings. The number of fused-ring (bicyclic) bond motifs is 1. The second-order valence-electron chi connectivity index (χ2n) is 5.19. The van der Waals surface area contributed by atoms with Gasteiger partial charge in [0.1, 0.15) is 11.3 Å². The zero-order chi connectivity index (χ0) is 14.8. The first-order valence-corrected chi connectivity index (χ1v) is 7.01. The molecule has 0 radical (unpaired) electrons. The molecule has 0 saturated heterocycles. The molecule has 21 heavy (non-hydrogen) atoms. The number of hydrogen-bond donors (Lipinski definition) is 1. The highest BCUT2D eigenvalue weighted by molar-refractivity contribution is 5.84. The Morgan fingerprint density at radius 3 is 2.67 bits per heavy atom. The van der Waals surface area contributed by atoms with E-state index in [1.807, 2.05) is 56.3 Å². The minimum absolute atomic E-state index is 0.504. The molecule has 3 heteroatoms. The second kappa shape index (κ2) is 5.54. The summed E-state index contributed by atoms with van der Waals surface area (Å²) in [4.78, 5) is 4.59. The van der Waals surface area contributed by atoms with E-state index in [0.29, 0.717) is 6.54 Å². The molecular weight excluding hydrogens is 260 g/mol. The van der Waals surface area contributed by atoms with Gasteiger partial charge in [-0.05, 0) is 43.2 Å². The molecule has 0 atom stereocenters. The van der Waals surface area contributed by atoms with Crippen molar-refractivity contribution < 1.29 is 4.74 Å². The molecule has 0 aliphatic heterocycles. The first-order chi connectivity index (χ1) is 10.2. The first-order valence-electron chi connectivity index (χ1n) is 7.01. The molecule has 0 fully saturated rings. The number of aryl methyl sites for hydroxylation is 2. The molecule has 0 amide bonds. The van der Waals surface area contributed by atoms with Gasteiger partial charge in [-0.2, -0.15) is 0 Å². The number of para-hydroxylation sites is 1. The molecule has 3 nitrogen and oxygen atoms in total. The number of hydrogen-bond acceptors (Lipinski definition) is 3. The topological polar surface area (TPSA) is 48.1 Å². The van der Waals surface area contributed by atoms with E-state index in [9.17, 15) is 0 Å². The van der Waals surface area contributed by atoms with E-state index < -0.39 is 0 Å². The van der Waals surface area contributed by atoms with Gasteiger partial charge in [0.2, 0.25) is 0 Å². The Labute approximate surface area is 124 Å². The molecular formula is C18H18N2O. The Kier molecular flexibility index (Phi) is 3.59. The monoisotopic (exact) mass is 278 g/mol. The van der Waals surface area contributed by atoms with Crippen LogP contribution in [0.15, 0.2) is 48.5 Å². The summed E-state index contributed by atoms with van der Waals surface area (Å²) in [7, 11) is 0. The van der Waals surface area contributed by atoms with Gasteiger partial charge in [-0.15, -0.1) is 0 Å². The van der Waals surface area contributed by atoms with Crippen molar-refractivity contribution in [2.45, 2.75) is 20.4 Å². The molecule has 0 saturated carbocycles. The number of aromatic nitrogens is 1. The maximum atomic E-state index is 6.10. The van der Waals surface area contributed by atoms with Gasteiger partial charge in [-0.1, -0.05) is 30.3 Å². The average molecular weight is 278 g/mol. The minimum atomic E-state index is 0.504. The van der Waals surface area contributed by atoms with Crippen molar-refractivity contribution in [2.75, 3.05) is 0 Å². The summed E-state index contributed by atoms with van der Waals surface area (Å²) in [5, 5.41) is 1.07. The molecule has 3 aromatic rings. The van der Waals surface area contributed by atoms with Crippen LogP contribution in [0.3, 0.4) is 0 Å². The van der Waals surface area contributed by atoms with Crippen molar-refractivity contribution in [3.05, 3.63) is 65.4 Å². The number of pyridine rings is 1. The number of nitrogens with two attached hydrogens (primary N) is 1. The quantitative estimate of drug-likeness (QED) is 0.784. The molecule has 0 bridgehead atoms. The van der Waals surface area contributed by atoms with Gasteiger partial charge in [0.05, 0.1) is 0 Å². The summed E-state index contributed by atoms with van der Waals surface area (Å²) in [5.41, 5.74) is 9.70. The summed E-state index contributed by atoms with van der Waals surface area (Å²) in [6.07, 6.45) is 0. The standard InChI is InChI=1S/C18H18N2O/c1-12-6-8-14(11-19)10-17(12)21-16-5-3-4-15-9-7-13(2)20-18(15)16/h3-10H,11,19H2,1-2H3. The second-order valence-corrected chi connectivity index (χ2v) is 5.19. The fourth-order valence-corrected chi connectivity index (χ4v) is 2.30. The molecule has 1 heterocycles. The van der Waals surface area contributed by atoms with Crippen LogP contribution >= 0.6 is 0 Å². The zero-order valence-electron chi connectivity index (χ0n) is 12.3. The molecule has 106 valence electrons. The van der Waals surface area contributed by atoms with Gasteiger partial charge >= 0.3 is 0 Å². The Hall–Kier alpha value is -2.39. The Morgan fingerprint density at radius 2 is 1.86 bits per heavy atom. The fraction of sp³-hybridized carbons (Fsp3) is 0.167. The lowest BCUT2D eigenvalue weighted by atomic mass is 10.1. The summed E-state index contributed by atoms with van der Waals surface area (Å²) in [5.74, 6) is 1.60. The highest BCUT2D eigenvalue weighted by atomic mass is 16.5. The zero-order valence-corrected chi connectivity index (χ0v) is 12.3. The number of ether oxygens (including phenoxy) is 1. The van der Waals surface area contributed by atoms with Crippen molar-refractivity contribution in [1.29, 1.82) is 0 Å². The average Bonchev–Trinajstić information content (AvgIpc) is 2.50. The molecule has 0 aliphatic carbocycles. The summed E-state index contributed by atoms with van der Waals surface area (Å²) in [6.45, 7) is 4.51. The van der Waals surface area contributed by atoms with Crippen molar-refractivity contribution in [3.63, 3.8) is 0 Å². The highest BCUT2D eigenvalue weighted by Crippen LogP contribution is 2.31. The highest BCUT2D eigenvalue weighted by Gasteiger charge is 2.07. The summed E-state index contributed by atoms with van der Waals surface area (Å²) in [6, 6.07) is 16.1. The number of benzene rings is 2. The maximum absolute atomic E-state index is 6.10. The first kappa shape index (κ1) is 13.6. The third-order valence-corrected chi connectivity index (χ3v) is 3.53. The van der Waals surface area contributed by atoms with E-state index >= 15 is 0 Å². The van der Waals surface area contributed by atoms with Crippen LogP contribution in [-0.4, -0.2) is 4.98 Å². The third kappa shape index (κ3) is 2.73. The van der Waals surface area contributed by atoms with Crippen LogP contribution in [0.5, 0.6) is 11.5 Å². The van der Waals surface area contributed by atoms with Crippen LogP contribution in [0, 0.1) is 13.8 Å². The van der Waals surface area contributed by atoms with Crippen molar-refractivity contribution in [1.82, 2.24) is 4.98 Å². The van der Waals surface area contributed by atoms with Crippen molar-refractivity contribution in [3.8, 4) is 11.5 Å². The molecule has 1 aromatic heterocycles. The van der Waals surface area contributed by atoms with Crippen LogP contribution in [0.4, 0.5) is 0 Å². The van der Waals surface area contributed by atoms with Gasteiger partial charge in [0.15, 0.2) is 5.75 Å². The van der Waals surface area contributed by atoms with Crippen LogP contribution in [0.1, 0.15) is 16.8 Å². The van der Waals surface area contributed by atoms with Crippen molar-refractivity contribution in [2.24, 2.45) is 5.73 Å². The largest absolute Gasteiger partial charge is 0.455 e. The van der Waals surface area contributed by atoms with Crippen LogP contribution in [-0.2, 0) is 6.54 Å². The Balaban J connectivity index is 2.08. The molecule has 2 aromatic carbocycles. The SMILES string of the molecule is Cc1ccc2cccc(Oc3cc(CN)ccc3C)c2n1. The summed E-state index contributed by atoms with van der Waals surface area (Å²) < 4.78 is 6.10. The predicted octanol–water partition coefficient (Wildman–Crippen LogP) is 4.10. The predicted molar refractivity (Wildman–Crippen MR) is 85.6 cm³/mol. The van der Waals surface area contributed by atoms with E-state index in [2.05, 4.69) is 11.1 Å². The van der Waals surface area contributed by atoms with Crippen LogP contribution in [0.25, 0.3) is 10.9 Å². The van der Waals surface area contributed by atoms with Gasteiger partial charge in [0.25, 0.3) is 0 Å². The van der Waals surface area contributed by atoms with Crippen molar-refractivity contribution >= 4 is 10.9 Å². The Bertz CT molecular complexity index is 796. The molecule has 0 unspecified atom stereocenters. The van der Waals surface area contributed by atoms with Crippen LogP contribution in [0.2, 0.25) is 0 Å². The minimum Gasteiger partial charge on any atom is -0.455 e. The van der Waals surface area contributed by atoms with E-state index in [-0.39, 0.29) is 0 Å². The van der Waals surface area contributed by atoms with Crippen LogP contribution < -0.4 is 10.5 Å². The maximum Gasteiger partial charge on any atom is 0.153 e. The molecule has 2 N–H and O–H groups in total. The van der Waals surface area contributed by atoms with Gasteiger partial charge in [0, 0.05) is 17.6 Å². The summed E-state index contributed by atoms with van der Waals surface area (Å²) >= 11 is 0. The van der Waals surface area contributed by atoms with E-state index in [4.69, 9.17) is 10.5 Å². The molecule has 0 spiro atoms. The Morgan fingerprint density at radius 1 is 1.00 bits per heavy atom. The number of rotatable bonds is 3. The van der Waals surface area contributed by atoms with Gasteiger partial charge in [-0.25, -0.2) is 4.98 Å².